The molecule has 48 heavy (non-hydrogen) atoms. The Morgan fingerprint density at radius 3 is 1.29 bits per heavy atom. The first-order chi connectivity index (χ1) is 23.7. The average Bonchev–Trinajstić information content (AvgIpc) is 3.95. The summed E-state index contributed by atoms with van der Waals surface area (Å²) in [4.78, 5) is 0. The Morgan fingerprint density at radius 1 is 0.375 bits per heavy atom. The molecule has 0 atom stereocenters. The third-order valence-electron chi connectivity index (χ3n) is 12.4. The number of hydrogen-bond acceptors (Lipinski definition) is 0. The van der Waals surface area contributed by atoms with Crippen molar-refractivity contribution in [1.29, 1.82) is 0 Å². The molecule has 7 aromatic carbocycles. The zero-order valence-corrected chi connectivity index (χ0v) is 26.7. The van der Waals surface area contributed by atoms with Gasteiger partial charge in [0.15, 0.2) is 0 Å². The smallest absolute Gasteiger partial charge is 0.0620 e. The Kier molecular flexibility index (Phi) is 3.96. The van der Waals surface area contributed by atoms with E-state index >= 15 is 0 Å². The normalized spacial score (nSPS) is 13.9. The standard InChI is InChI=1S/C46H28N2/c1-23-39-31-13-7-15-33-41-35-21-25-9-3-5-11-27(25)29(35)17-19-37(41)47(45(31)33)43(39)24(2)44-40(23)32-14-8-16-34-42-36-22-26-10-4-6-12-28(26)30(36)18-20-38(42)48(44)46(32)34/h3-20H,21-22H2,1-2H3. The van der Waals surface area contributed by atoms with Crippen molar-refractivity contribution in [2.75, 3.05) is 0 Å². The maximum Gasteiger partial charge on any atom is 0.0620 e. The highest BCUT2D eigenvalue weighted by Crippen LogP contribution is 2.52. The zero-order valence-electron chi connectivity index (χ0n) is 26.7. The van der Waals surface area contributed by atoms with Crippen LogP contribution >= 0.6 is 0 Å². The SMILES string of the molecule is Cc1c2c3cccc4c5c6c(ccc5n(c2c(C)c2c1c1cccc5c7c8c(ccc7n2c51)-c1ccccc1C8)c43)-c1ccccc1C6. The molecule has 11 aromatic rings. The first kappa shape index (κ1) is 24.3. The molecule has 4 aromatic heterocycles. The van der Waals surface area contributed by atoms with E-state index in [0.717, 1.165) is 12.8 Å². The summed E-state index contributed by atoms with van der Waals surface area (Å²) in [7, 11) is 0. The monoisotopic (exact) mass is 608 g/mol. The Balaban J connectivity index is 1.23. The Hall–Kier alpha value is -5.86. The molecular weight excluding hydrogens is 581 g/mol. The zero-order chi connectivity index (χ0) is 31.2. The fraction of sp³-hybridized carbons (Fsp3) is 0.0870. The van der Waals surface area contributed by atoms with Crippen LogP contribution in [0.3, 0.4) is 0 Å². The number of para-hydroxylation sites is 2. The predicted octanol–water partition coefficient (Wildman–Crippen LogP) is 11.7. The quantitative estimate of drug-likeness (QED) is 0.162. The first-order valence-electron chi connectivity index (χ1n) is 17.2. The second-order valence-corrected chi connectivity index (χ2v) is 14.4. The minimum Gasteiger partial charge on any atom is -0.308 e. The van der Waals surface area contributed by atoms with Gasteiger partial charge in [0.25, 0.3) is 0 Å². The summed E-state index contributed by atoms with van der Waals surface area (Å²) in [6.07, 6.45) is 2.00. The molecule has 0 radical (unpaired) electrons. The van der Waals surface area contributed by atoms with Crippen molar-refractivity contribution in [3.05, 3.63) is 143 Å². The van der Waals surface area contributed by atoms with E-state index in [4.69, 9.17) is 0 Å². The van der Waals surface area contributed by atoms with Crippen LogP contribution in [0.15, 0.2) is 109 Å². The molecule has 2 nitrogen and oxygen atoms in total. The molecular formula is C46H28N2. The topological polar surface area (TPSA) is 8.82 Å². The van der Waals surface area contributed by atoms with Gasteiger partial charge in [-0.2, -0.15) is 0 Å². The fourth-order valence-corrected chi connectivity index (χ4v) is 10.6. The number of hydrogen-bond donors (Lipinski definition) is 0. The van der Waals surface area contributed by atoms with Gasteiger partial charge in [-0.25, -0.2) is 0 Å². The lowest BCUT2D eigenvalue weighted by Crippen LogP contribution is -1.93. The fourth-order valence-electron chi connectivity index (χ4n) is 10.6. The van der Waals surface area contributed by atoms with Crippen molar-refractivity contribution in [3.8, 4) is 22.3 Å². The molecule has 0 aliphatic heterocycles. The number of nitrogens with zero attached hydrogens (tertiary/aromatic N) is 2. The molecule has 222 valence electrons. The van der Waals surface area contributed by atoms with Crippen LogP contribution in [0.1, 0.15) is 33.4 Å². The van der Waals surface area contributed by atoms with Gasteiger partial charge in [0.1, 0.15) is 0 Å². The van der Waals surface area contributed by atoms with Gasteiger partial charge in [0.05, 0.1) is 33.1 Å². The van der Waals surface area contributed by atoms with E-state index in [9.17, 15) is 0 Å². The van der Waals surface area contributed by atoms with Gasteiger partial charge in [-0.3, -0.25) is 0 Å². The lowest BCUT2D eigenvalue weighted by Gasteiger charge is -2.11. The van der Waals surface area contributed by atoms with E-state index in [1.807, 2.05) is 0 Å². The average molecular weight is 609 g/mol. The molecule has 2 heteroatoms. The van der Waals surface area contributed by atoms with Crippen LogP contribution in [0.4, 0.5) is 0 Å². The number of aromatic nitrogens is 2. The van der Waals surface area contributed by atoms with Crippen molar-refractivity contribution < 1.29 is 0 Å². The van der Waals surface area contributed by atoms with E-state index in [-0.39, 0.29) is 0 Å². The predicted molar refractivity (Wildman–Crippen MR) is 202 cm³/mol. The van der Waals surface area contributed by atoms with Gasteiger partial charge in [-0.1, -0.05) is 97.1 Å². The molecule has 0 N–H and O–H groups in total. The second kappa shape index (κ2) is 7.81. The summed E-state index contributed by atoms with van der Waals surface area (Å²) < 4.78 is 5.25. The van der Waals surface area contributed by atoms with Gasteiger partial charge in [-0.15, -0.1) is 0 Å². The lowest BCUT2D eigenvalue weighted by molar-refractivity contribution is 1.28. The third kappa shape index (κ3) is 2.46. The number of aryl methyl sites for hydroxylation is 2. The Morgan fingerprint density at radius 2 is 0.812 bits per heavy atom. The summed E-state index contributed by atoms with van der Waals surface area (Å²) in [6, 6.07) is 41.5. The highest BCUT2D eigenvalue weighted by Gasteiger charge is 2.30. The van der Waals surface area contributed by atoms with Crippen molar-refractivity contribution in [1.82, 2.24) is 8.80 Å². The lowest BCUT2D eigenvalue weighted by atomic mass is 9.95. The van der Waals surface area contributed by atoms with Crippen LogP contribution in [0.2, 0.25) is 0 Å². The second-order valence-electron chi connectivity index (χ2n) is 14.4. The third-order valence-corrected chi connectivity index (χ3v) is 12.4. The maximum absolute atomic E-state index is 2.63. The van der Waals surface area contributed by atoms with Gasteiger partial charge >= 0.3 is 0 Å². The molecule has 13 rings (SSSR count). The molecule has 0 bridgehead atoms. The van der Waals surface area contributed by atoms with Crippen molar-refractivity contribution >= 4 is 76.2 Å². The molecule has 2 aliphatic carbocycles. The molecule has 2 aliphatic rings. The minimum absolute atomic E-state index is 0.998. The van der Waals surface area contributed by atoms with Crippen LogP contribution in [-0.4, -0.2) is 8.80 Å². The summed E-state index contributed by atoms with van der Waals surface area (Å²) in [5, 5.41) is 11.2. The highest BCUT2D eigenvalue weighted by atomic mass is 14.9. The number of benzene rings is 7. The van der Waals surface area contributed by atoms with Gasteiger partial charge < -0.3 is 8.80 Å². The van der Waals surface area contributed by atoms with Gasteiger partial charge in [0.2, 0.25) is 0 Å². The van der Waals surface area contributed by atoms with Crippen LogP contribution in [0.5, 0.6) is 0 Å². The molecule has 4 heterocycles. The highest BCUT2D eigenvalue weighted by molar-refractivity contribution is 6.32. The van der Waals surface area contributed by atoms with E-state index in [2.05, 4.69) is 132 Å². The minimum atomic E-state index is 0.998. The van der Waals surface area contributed by atoms with Gasteiger partial charge in [0, 0.05) is 43.1 Å². The summed E-state index contributed by atoms with van der Waals surface area (Å²) in [5.41, 5.74) is 22.3. The van der Waals surface area contributed by atoms with E-state index in [1.54, 1.807) is 0 Å². The van der Waals surface area contributed by atoms with Crippen molar-refractivity contribution in [2.45, 2.75) is 26.7 Å². The summed E-state index contributed by atoms with van der Waals surface area (Å²) in [5.74, 6) is 0. The van der Waals surface area contributed by atoms with Crippen LogP contribution in [-0.2, 0) is 12.8 Å². The van der Waals surface area contributed by atoms with Crippen LogP contribution in [0, 0.1) is 13.8 Å². The Labute approximate surface area is 275 Å². The largest absolute Gasteiger partial charge is 0.308 e. The Bertz CT molecular complexity index is 3070. The molecule has 0 unspecified atom stereocenters. The van der Waals surface area contributed by atoms with E-state index in [1.165, 1.54) is 132 Å². The van der Waals surface area contributed by atoms with E-state index < -0.39 is 0 Å². The molecule has 0 saturated heterocycles. The molecule has 0 spiro atoms. The summed E-state index contributed by atoms with van der Waals surface area (Å²) in [6.45, 7) is 4.76. The number of fused-ring (bicyclic) bond motifs is 20. The summed E-state index contributed by atoms with van der Waals surface area (Å²) >= 11 is 0. The molecule has 0 saturated carbocycles. The first-order valence-corrected chi connectivity index (χ1v) is 17.2. The number of rotatable bonds is 0. The molecule has 0 fully saturated rings. The molecule has 0 amide bonds. The van der Waals surface area contributed by atoms with Crippen molar-refractivity contribution in [2.24, 2.45) is 0 Å². The van der Waals surface area contributed by atoms with Crippen LogP contribution in [0.25, 0.3) is 98.4 Å². The van der Waals surface area contributed by atoms with Crippen LogP contribution < -0.4 is 0 Å². The van der Waals surface area contributed by atoms with E-state index in [0.29, 0.717) is 0 Å². The maximum atomic E-state index is 2.63. The van der Waals surface area contributed by atoms with Crippen molar-refractivity contribution in [3.63, 3.8) is 0 Å². The van der Waals surface area contributed by atoms with Gasteiger partial charge in [-0.05, 0) is 94.5 Å².